The van der Waals surface area contributed by atoms with Crippen LogP contribution in [0.25, 0.3) is 26.4 Å². The van der Waals surface area contributed by atoms with E-state index in [0.29, 0.717) is 50.8 Å². The van der Waals surface area contributed by atoms with Crippen molar-refractivity contribution >= 4 is 32.4 Å². The Labute approximate surface area is 173 Å². The molecule has 0 aliphatic rings. The number of anilines is 1. The fraction of sp³-hybridized carbons (Fsp3) is 0.350. The fourth-order valence-electron chi connectivity index (χ4n) is 3.08. The number of rotatable bonds is 7. The van der Waals surface area contributed by atoms with Crippen molar-refractivity contribution in [2.75, 3.05) is 46.4 Å². The average Bonchev–Trinajstić information content (AvgIpc) is 3.07. The van der Waals surface area contributed by atoms with Gasteiger partial charge in [-0.3, -0.25) is 0 Å². The van der Waals surface area contributed by atoms with Crippen LogP contribution in [0.4, 0.5) is 10.8 Å². The molecular weight excluding hydrogens is 392 g/mol. The van der Waals surface area contributed by atoms with Crippen molar-refractivity contribution in [2.24, 2.45) is 0 Å². The zero-order valence-electron chi connectivity index (χ0n) is 16.9. The fourth-order valence-corrected chi connectivity index (χ4v) is 4.05. The van der Waals surface area contributed by atoms with Crippen molar-refractivity contribution in [1.29, 1.82) is 0 Å². The summed E-state index contributed by atoms with van der Waals surface area (Å²) in [5.74, 6) is 2.62. The summed E-state index contributed by atoms with van der Waals surface area (Å²) < 4.78 is 16.3. The number of hydrogen-bond donors (Lipinski definition) is 1. The molecule has 9 heteroatoms. The van der Waals surface area contributed by atoms with Crippen molar-refractivity contribution in [1.82, 2.24) is 9.97 Å². The number of benzene rings is 1. The van der Waals surface area contributed by atoms with Gasteiger partial charge in [0.05, 0.1) is 34.5 Å². The summed E-state index contributed by atoms with van der Waals surface area (Å²) in [5, 5.41) is 10.8. The number of nitrogens with zero attached hydrogens (tertiary/aromatic N) is 4. The van der Waals surface area contributed by atoms with E-state index in [1.807, 2.05) is 18.9 Å². The number of likely N-dealkylation sites (N-methyl/N-ethyl adjacent to an activating group) is 1. The van der Waals surface area contributed by atoms with E-state index < -0.39 is 0 Å². The zero-order valence-corrected chi connectivity index (χ0v) is 17.8. The van der Waals surface area contributed by atoms with E-state index in [9.17, 15) is 5.11 Å². The molecule has 8 nitrogen and oxygen atoms in total. The van der Waals surface area contributed by atoms with Crippen molar-refractivity contribution in [3.63, 3.8) is 0 Å². The maximum absolute atomic E-state index is 9.39. The first kappa shape index (κ1) is 20.6. The van der Waals surface area contributed by atoms with Crippen molar-refractivity contribution in [2.45, 2.75) is 6.92 Å². The Morgan fingerprint density at radius 2 is 1.79 bits per heavy atom. The zero-order chi connectivity index (χ0) is 21.1. The number of thiophene rings is 1. The Morgan fingerprint density at radius 1 is 1.14 bits per heavy atom. The Kier molecular flexibility index (Phi) is 6.06. The van der Waals surface area contributed by atoms with Crippen LogP contribution in [0, 0.1) is 13.5 Å². The molecule has 0 saturated carbocycles. The first-order valence-electron chi connectivity index (χ1n) is 8.79. The molecule has 0 bridgehead atoms. The predicted octanol–water partition coefficient (Wildman–Crippen LogP) is 3.67. The van der Waals surface area contributed by atoms with E-state index in [0.717, 1.165) is 10.9 Å². The highest BCUT2D eigenvalue weighted by Crippen LogP contribution is 2.44. The van der Waals surface area contributed by atoms with Gasteiger partial charge in [-0.05, 0) is 24.6 Å². The normalized spacial score (nSPS) is 10.7. The maximum atomic E-state index is 9.39. The van der Waals surface area contributed by atoms with Crippen LogP contribution in [-0.4, -0.2) is 56.6 Å². The van der Waals surface area contributed by atoms with Gasteiger partial charge in [0, 0.05) is 24.5 Å². The van der Waals surface area contributed by atoms with E-state index in [1.54, 1.807) is 33.5 Å². The SMILES string of the molecule is [C-]#[N+]c1sc2nc(-c3cc(OC)c(OC)c(OC)c3)nc(N(C)CCO)c2c1C. The lowest BCUT2D eigenvalue weighted by Gasteiger charge is -2.19. The van der Waals surface area contributed by atoms with Gasteiger partial charge in [0.1, 0.15) is 10.6 Å². The third-order valence-electron chi connectivity index (χ3n) is 4.57. The molecule has 0 atom stereocenters. The van der Waals surface area contributed by atoms with Gasteiger partial charge < -0.3 is 24.2 Å². The van der Waals surface area contributed by atoms with E-state index in [-0.39, 0.29) is 6.61 Å². The molecular formula is C20H22N4O4S. The van der Waals surface area contributed by atoms with Crippen LogP contribution in [0.3, 0.4) is 0 Å². The quantitative estimate of drug-likeness (QED) is 0.591. The second kappa shape index (κ2) is 8.51. The molecule has 0 aliphatic heterocycles. The molecule has 3 rings (SSSR count). The number of hydrogen-bond acceptors (Lipinski definition) is 8. The van der Waals surface area contributed by atoms with Crippen LogP contribution in [0.2, 0.25) is 0 Å². The van der Waals surface area contributed by atoms with Gasteiger partial charge in [-0.2, -0.15) is 0 Å². The maximum Gasteiger partial charge on any atom is 0.246 e. The van der Waals surface area contributed by atoms with Crippen molar-refractivity contribution in [3.8, 4) is 28.6 Å². The molecule has 1 N–H and O–H groups in total. The molecule has 0 radical (unpaired) electrons. The number of methoxy groups -OCH3 is 3. The number of aliphatic hydroxyl groups excluding tert-OH is 1. The van der Waals surface area contributed by atoms with Crippen LogP contribution in [0.5, 0.6) is 17.2 Å². The van der Waals surface area contributed by atoms with Gasteiger partial charge in [0.25, 0.3) is 0 Å². The Balaban J connectivity index is 2.29. The Bertz CT molecular complexity index is 1070. The highest BCUT2D eigenvalue weighted by Gasteiger charge is 2.21. The number of aromatic nitrogens is 2. The summed E-state index contributed by atoms with van der Waals surface area (Å²) in [5.41, 5.74) is 1.53. The number of fused-ring (bicyclic) bond motifs is 1. The van der Waals surface area contributed by atoms with Crippen LogP contribution in [0.1, 0.15) is 5.56 Å². The van der Waals surface area contributed by atoms with Gasteiger partial charge in [-0.15, -0.1) is 11.3 Å². The minimum absolute atomic E-state index is 0.0135. The summed E-state index contributed by atoms with van der Waals surface area (Å²) >= 11 is 1.33. The first-order chi connectivity index (χ1) is 14.0. The third kappa shape index (κ3) is 3.64. The molecule has 0 saturated heterocycles. The largest absolute Gasteiger partial charge is 0.493 e. The number of ether oxygens (including phenoxy) is 3. The van der Waals surface area contributed by atoms with E-state index >= 15 is 0 Å². The molecule has 2 aromatic heterocycles. The molecule has 0 fully saturated rings. The second-order valence-corrected chi connectivity index (χ2v) is 7.23. The van der Waals surface area contributed by atoms with Crippen molar-refractivity contribution < 1.29 is 19.3 Å². The number of aryl methyl sites for hydroxylation is 1. The van der Waals surface area contributed by atoms with Gasteiger partial charge in [0.2, 0.25) is 10.8 Å². The molecule has 0 aliphatic carbocycles. The van der Waals surface area contributed by atoms with Crippen LogP contribution >= 0.6 is 11.3 Å². The second-order valence-electron chi connectivity index (χ2n) is 6.25. The Hall–Kier alpha value is -3.09. The number of aliphatic hydroxyl groups is 1. The lowest BCUT2D eigenvalue weighted by Crippen LogP contribution is -2.23. The van der Waals surface area contributed by atoms with E-state index in [4.69, 9.17) is 30.8 Å². The summed E-state index contributed by atoms with van der Waals surface area (Å²) in [6, 6.07) is 3.57. The topological polar surface area (TPSA) is 81.3 Å². The van der Waals surface area contributed by atoms with Crippen molar-refractivity contribution in [3.05, 3.63) is 29.1 Å². The molecule has 3 aromatic rings. The standard InChI is InChI=1S/C20H22N4O4S/c1-11-15-18(24(3)7-8-25)22-17(23-20(15)29-19(11)21-2)12-9-13(26-4)16(28-6)14(10-12)27-5/h9-10,25H,7-8H2,1,3-6H3. The highest BCUT2D eigenvalue weighted by atomic mass is 32.1. The summed E-state index contributed by atoms with van der Waals surface area (Å²) in [6.45, 7) is 9.72. The molecule has 1 aromatic carbocycles. The van der Waals surface area contributed by atoms with Gasteiger partial charge in [0.15, 0.2) is 17.3 Å². The van der Waals surface area contributed by atoms with E-state index in [1.165, 1.54) is 11.3 Å². The van der Waals surface area contributed by atoms with Gasteiger partial charge in [-0.1, -0.05) is 0 Å². The predicted molar refractivity (Wildman–Crippen MR) is 114 cm³/mol. The van der Waals surface area contributed by atoms with Gasteiger partial charge in [-0.25, -0.2) is 14.8 Å². The molecule has 2 heterocycles. The third-order valence-corrected chi connectivity index (χ3v) is 5.65. The Morgan fingerprint density at radius 3 is 2.31 bits per heavy atom. The van der Waals surface area contributed by atoms with Crippen LogP contribution in [0.15, 0.2) is 12.1 Å². The minimum Gasteiger partial charge on any atom is -0.493 e. The lowest BCUT2D eigenvalue weighted by molar-refractivity contribution is 0.304. The summed E-state index contributed by atoms with van der Waals surface area (Å²) in [7, 11) is 6.50. The molecule has 152 valence electrons. The summed E-state index contributed by atoms with van der Waals surface area (Å²) in [6.07, 6.45) is 0. The molecule has 29 heavy (non-hydrogen) atoms. The molecule has 0 amide bonds. The van der Waals surface area contributed by atoms with E-state index in [2.05, 4.69) is 4.85 Å². The van der Waals surface area contributed by atoms with Crippen LogP contribution in [-0.2, 0) is 0 Å². The van der Waals surface area contributed by atoms with Gasteiger partial charge >= 0.3 is 0 Å². The smallest absolute Gasteiger partial charge is 0.246 e. The lowest BCUT2D eigenvalue weighted by atomic mass is 10.1. The average molecular weight is 414 g/mol. The molecule has 0 unspecified atom stereocenters. The molecule has 0 spiro atoms. The monoisotopic (exact) mass is 414 g/mol. The highest BCUT2D eigenvalue weighted by molar-refractivity contribution is 7.22. The summed E-state index contributed by atoms with van der Waals surface area (Å²) in [4.78, 5) is 15.7. The van der Waals surface area contributed by atoms with Crippen LogP contribution < -0.4 is 19.1 Å². The minimum atomic E-state index is -0.0135. The first-order valence-corrected chi connectivity index (χ1v) is 9.61.